The third kappa shape index (κ3) is 4.25. The third-order valence-electron chi connectivity index (χ3n) is 3.41. The van der Waals surface area contributed by atoms with E-state index in [1.54, 1.807) is 23.2 Å². The highest BCUT2D eigenvalue weighted by atomic mass is 79.9. The smallest absolute Gasteiger partial charge is 0.256 e. The molecule has 114 valence electrons. The summed E-state index contributed by atoms with van der Waals surface area (Å²) in [5.74, 6) is -0.145. The van der Waals surface area contributed by atoms with Crippen LogP contribution in [0.15, 0.2) is 22.9 Å². The molecule has 0 unspecified atom stereocenters. The van der Waals surface area contributed by atoms with E-state index in [4.69, 9.17) is 4.74 Å². The first-order chi connectivity index (χ1) is 10.1. The van der Waals surface area contributed by atoms with Gasteiger partial charge in [-0.2, -0.15) is 0 Å². The molecule has 1 N–H and O–H groups in total. The number of nitrogens with one attached hydrogen (secondary N) is 1. The topological polar surface area (TPSA) is 71.5 Å². The maximum atomic E-state index is 12.4. The van der Waals surface area contributed by atoms with E-state index in [1.165, 1.54) is 7.11 Å². The Morgan fingerprint density at radius 3 is 2.81 bits per heavy atom. The van der Waals surface area contributed by atoms with Crippen molar-refractivity contribution < 1.29 is 14.3 Å². The van der Waals surface area contributed by atoms with Crippen LogP contribution in [0.25, 0.3) is 0 Å². The highest BCUT2D eigenvalue weighted by Crippen LogP contribution is 2.18. The fourth-order valence-corrected chi connectivity index (χ4v) is 2.76. The molecule has 1 saturated heterocycles. The maximum Gasteiger partial charge on any atom is 0.256 e. The number of methoxy groups -OCH3 is 1. The highest BCUT2D eigenvalue weighted by Gasteiger charge is 2.25. The minimum atomic E-state index is -0.114. The van der Waals surface area contributed by atoms with Crippen molar-refractivity contribution in [1.82, 2.24) is 15.2 Å². The van der Waals surface area contributed by atoms with Crippen molar-refractivity contribution in [3.63, 3.8) is 0 Å². The zero-order chi connectivity index (χ0) is 15.2. The van der Waals surface area contributed by atoms with Gasteiger partial charge in [-0.25, -0.2) is 4.98 Å². The van der Waals surface area contributed by atoms with Crippen LogP contribution in [0.4, 0.5) is 0 Å². The molecule has 0 atom stereocenters. The number of aromatic nitrogens is 1. The van der Waals surface area contributed by atoms with E-state index in [2.05, 4.69) is 26.2 Å². The molecule has 6 nitrogen and oxygen atoms in total. The van der Waals surface area contributed by atoms with E-state index in [9.17, 15) is 9.59 Å². The maximum absolute atomic E-state index is 12.4. The molecule has 1 aliphatic heterocycles. The Morgan fingerprint density at radius 1 is 1.48 bits per heavy atom. The van der Waals surface area contributed by atoms with Crippen LogP contribution in [0.2, 0.25) is 0 Å². The fraction of sp³-hybridized carbons (Fsp3) is 0.500. The molecule has 0 bridgehead atoms. The molecule has 7 heteroatoms. The number of piperidine rings is 1. The summed E-state index contributed by atoms with van der Waals surface area (Å²) in [7, 11) is 1.49. The van der Waals surface area contributed by atoms with E-state index in [0.717, 1.165) is 12.8 Å². The lowest BCUT2D eigenvalue weighted by atomic mass is 10.0. The van der Waals surface area contributed by atoms with Crippen molar-refractivity contribution in [1.29, 1.82) is 0 Å². The number of pyridine rings is 1. The van der Waals surface area contributed by atoms with Crippen LogP contribution in [0.1, 0.15) is 23.2 Å². The largest absolute Gasteiger partial charge is 0.375 e. The van der Waals surface area contributed by atoms with Crippen molar-refractivity contribution in [2.75, 3.05) is 26.8 Å². The van der Waals surface area contributed by atoms with Crippen molar-refractivity contribution in [3.8, 4) is 0 Å². The lowest BCUT2D eigenvalue weighted by molar-refractivity contribution is -0.125. The predicted molar refractivity (Wildman–Crippen MR) is 80.9 cm³/mol. The number of amides is 2. The van der Waals surface area contributed by atoms with E-state index < -0.39 is 0 Å². The summed E-state index contributed by atoms with van der Waals surface area (Å²) in [5.41, 5.74) is 0.569. The quantitative estimate of drug-likeness (QED) is 0.824. The Hall–Kier alpha value is -1.47. The van der Waals surface area contributed by atoms with Gasteiger partial charge in [0.15, 0.2) is 0 Å². The summed E-state index contributed by atoms with van der Waals surface area (Å²) in [6.45, 7) is 1.32. The van der Waals surface area contributed by atoms with Gasteiger partial charge in [-0.15, -0.1) is 0 Å². The molecular formula is C14H18BrN3O3. The lowest BCUT2D eigenvalue weighted by Crippen LogP contribution is -2.47. The van der Waals surface area contributed by atoms with Crippen LogP contribution in [-0.2, 0) is 9.53 Å². The van der Waals surface area contributed by atoms with Crippen molar-refractivity contribution >= 4 is 27.7 Å². The third-order valence-corrected chi connectivity index (χ3v) is 4.04. The molecule has 0 aromatic carbocycles. The summed E-state index contributed by atoms with van der Waals surface area (Å²) in [6, 6.07) is 3.61. The molecule has 1 fully saturated rings. The number of carbonyl (C=O) groups is 2. The summed E-state index contributed by atoms with van der Waals surface area (Å²) in [5, 5.41) is 2.91. The molecule has 0 aliphatic carbocycles. The van der Waals surface area contributed by atoms with Gasteiger partial charge >= 0.3 is 0 Å². The summed E-state index contributed by atoms with van der Waals surface area (Å²) in [4.78, 5) is 29.7. The minimum absolute atomic E-state index is 0.0309. The van der Waals surface area contributed by atoms with Gasteiger partial charge in [0.05, 0.1) is 5.56 Å². The van der Waals surface area contributed by atoms with Gasteiger partial charge in [0, 0.05) is 32.4 Å². The lowest BCUT2D eigenvalue weighted by Gasteiger charge is -2.32. The Balaban J connectivity index is 1.88. The van der Waals surface area contributed by atoms with Gasteiger partial charge in [0.2, 0.25) is 5.91 Å². The van der Waals surface area contributed by atoms with E-state index in [-0.39, 0.29) is 24.5 Å². The number of rotatable bonds is 4. The van der Waals surface area contributed by atoms with Crippen molar-refractivity contribution in [3.05, 3.63) is 28.5 Å². The van der Waals surface area contributed by atoms with Gasteiger partial charge in [-0.05, 0) is 40.9 Å². The molecule has 2 rings (SSSR count). The Morgan fingerprint density at radius 2 is 2.19 bits per heavy atom. The van der Waals surface area contributed by atoms with Gasteiger partial charge in [-0.3, -0.25) is 9.59 Å². The van der Waals surface area contributed by atoms with Crippen LogP contribution in [0.3, 0.4) is 0 Å². The number of hydrogen-bond acceptors (Lipinski definition) is 4. The predicted octanol–water partition coefficient (Wildman–Crippen LogP) is 1.21. The number of carbonyl (C=O) groups excluding carboxylic acids is 2. The van der Waals surface area contributed by atoms with Crippen LogP contribution in [-0.4, -0.2) is 54.5 Å². The van der Waals surface area contributed by atoms with Crippen molar-refractivity contribution in [2.24, 2.45) is 0 Å². The van der Waals surface area contributed by atoms with Gasteiger partial charge < -0.3 is 15.0 Å². The van der Waals surface area contributed by atoms with Gasteiger partial charge in [0.25, 0.3) is 5.91 Å². The Labute approximate surface area is 132 Å². The minimum Gasteiger partial charge on any atom is -0.375 e. The average Bonchev–Trinajstić information content (AvgIpc) is 2.48. The van der Waals surface area contributed by atoms with E-state index >= 15 is 0 Å². The standard InChI is InChI=1S/C14H18BrN3O3/c1-21-9-12(19)17-10-4-7-18(8-5-10)14(20)11-3-2-6-16-13(11)15/h2-3,6,10H,4-5,7-9H2,1H3,(H,17,19). The highest BCUT2D eigenvalue weighted by molar-refractivity contribution is 9.10. The molecule has 1 aromatic heterocycles. The average molecular weight is 356 g/mol. The molecule has 2 amide bonds. The van der Waals surface area contributed by atoms with E-state index in [1.807, 2.05) is 0 Å². The number of likely N-dealkylation sites (tertiary alicyclic amines) is 1. The summed E-state index contributed by atoms with van der Waals surface area (Å²) in [6.07, 6.45) is 3.14. The summed E-state index contributed by atoms with van der Waals surface area (Å²) < 4.78 is 5.35. The van der Waals surface area contributed by atoms with E-state index in [0.29, 0.717) is 23.3 Å². The molecule has 1 aliphatic rings. The molecule has 0 spiro atoms. The molecular weight excluding hydrogens is 338 g/mol. The number of nitrogens with zero attached hydrogens (tertiary/aromatic N) is 2. The van der Waals surface area contributed by atoms with Crippen LogP contribution >= 0.6 is 15.9 Å². The number of ether oxygens (including phenoxy) is 1. The first-order valence-electron chi connectivity index (χ1n) is 6.80. The Bertz CT molecular complexity index is 516. The monoisotopic (exact) mass is 355 g/mol. The zero-order valence-electron chi connectivity index (χ0n) is 11.8. The molecule has 0 radical (unpaired) electrons. The van der Waals surface area contributed by atoms with Crippen LogP contribution < -0.4 is 5.32 Å². The molecule has 0 saturated carbocycles. The second-order valence-electron chi connectivity index (χ2n) is 4.91. The van der Waals surface area contributed by atoms with Crippen LogP contribution in [0, 0.1) is 0 Å². The first kappa shape index (κ1) is 15.9. The molecule has 1 aromatic rings. The van der Waals surface area contributed by atoms with Gasteiger partial charge in [-0.1, -0.05) is 0 Å². The normalized spacial score (nSPS) is 15.8. The Kier molecular flexibility index (Phi) is 5.69. The zero-order valence-corrected chi connectivity index (χ0v) is 13.4. The van der Waals surface area contributed by atoms with Crippen molar-refractivity contribution in [2.45, 2.75) is 18.9 Å². The fourth-order valence-electron chi connectivity index (χ4n) is 2.34. The molecule has 2 heterocycles. The van der Waals surface area contributed by atoms with Gasteiger partial charge in [0.1, 0.15) is 11.2 Å². The SMILES string of the molecule is COCC(=O)NC1CCN(C(=O)c2cccnc2Br)CC1. The second-order valence-corrected chi connectivity index (χ2v) is 5.66. The molecule has 21 heavy (non-hydrogen) atoms. The first-order valence-corrected chi connectivity index (χ1v) is 7.59. The number of hydrogen-bond donors (Lipinski definition) is 1. The second kappa shape index (κ2) is 7.51. The van der Waals surface area contributed by atoms with Crippen LogP contribution in [0.5, 0.6) is 0 Å². The summed E-state index contributed by atoms with van der Waals surface area (Å²) >= 11 is 3.30. The number of halogens is 1.